The number of carbonyl (C=O) groups is 1. The molecule has 0 aliphatic carbocycles. The second kappa shape index (κ2) is 7.85. The Morgan fingerprint density at radius 2 is 2.29 bits per heavy atom. The third-order valence-electron chi connectivity index (χ3n) is 5.07. The average Bonchev–Trinajstić information content (AvgIpc) is 3.20. The van der Waals surface area contributed by atoms with Crippen LogP contribution in [0.4, 0.5) is 4.39 Å². The van der Waals surface area contributed by atoms with Crippen molar-refractivity contribution in [1.82, 2.24) is 15.1 Å². The Morgan fingerprint density at radius 1 is 1.43 bits per heavy atom. The van der Waals surface area contributed by atoms with E-state index in [9.17, 15) is 9.18 Å². The van der Waals surface area contributed by atoms with Crippen molar-refractivity contribution in [2.24, 2.45) is 5.73 Å². The zero-order valence-corrected chi connectivity index (χ0v) is 16.6. The molecule has 7 heteroatoms. The van der Waals surface area contributed by atoms with Crippen LogP contribution in [0.1, 0.15) is 32.1 Å². The van der Waals surface area contributed by atoms with E-state index in [1.54, 1.807) is 6.07 Å². The predicted octanol–water partition coefficient (Wildman–Crippen LogP) is 3.31. The van der Waals surface area contributed by atoms with Crippen LogP contribution in [0.3, 0.4) is 0 Å². The topological polar surface area (TPSA) is 72.9 Å². The largest absolute Gasteiger partial charge is 0.347 e. The molecule has 28 heavy (non-hydrogen) atoms. The predicted molar refractivity (Wildman–Crippen MR) is 109 cm³/mol. The van der Waals surface area contributed by atoms with Crippen LogP contribution in [0.5, 0.6) is 0 Å². The number of carbonyl (C=O) groups excluding carboxylic acids is 1. The Hall–Kier alpha value is -2.51. The molecule has 146 valence electrons. The van der Waals surface area contributed by atoms with E-state index in [-0.39, 0.29) is 17.8 Å². The molecule has 0 spiro atoms. The summed E-state index contributed by atoms with van der Waals surface area (Å²) in [6.45, 7) is 3.24. The Bertz CT molecular complexity index is 1010. The van der Waals surface area contributed by atoms with Gasteiger partial charge in [0.05, 0.1) is 16.8 Å². The Balaban J connectivity index is 1.54. The molecule has 5 nitrogen and oxygen atoms in total. The maximum Gasteiger partial charge on any atom is 0.261 e. The molecule has 1 aliphatic rings. The van der Waals surface area contributed by atoms with Gasteiger partial charge in [-0.25, -0.2) is 4.39 Å². The van der Waals surface area contributed by atoms with Gasteiger partial charge >= 0.3 is 0 Å². The van der Waals surface area contributed by atoms with Gasteiger partial charge in [0.25, 0.3) is 5.91 Å². The molecule has 1 atom stereocenters. The number of halogens is 1. The van der Waals surface area contributed by atoms with Crippen LogP contribution in [0, 0.1) is 12.7 Å². The summed E-state index contributed by atoms with van der Waals surface area (Å²) in [7, 11) is 0. The standard InChI is InChI=1S/C21H23FN4OS/c1-13-12-24-26-7-3-6-18-17(20(13)26)10-19(28-18)21(27)25-16(11-23)9-14-4-2-5-15(22)8-14/h2,4-5,8,10,12,16H,3,6-7,9,11,23H2,1H3,(H,25,27). The highest BCUT2D eigenvalue weighted by Crippen LogP contribution is 2.36. The van der Waals surface area contributed by atoms with Crippen molar-refractivity contribution in [1.29, 1.82) is 0 Å². The van der Waals surface area contributed by atoms with Gasteiger partial charge in [0, 0.05) is 29.6 Å². The number of nitrogens with two attached hydrogens (primary N) is 1. The number of thiophene rings is 1. The summed E-state index contributed by atoms with van der Waals surface area (Å²) in [6.07, 6.45) is 4.33. The number of amides is 1. The lowest BCUT2D eigenvalue weighted by Gasteiger charge is -2.16. The molecular weight excluding hydrogens is 375 g/mol. The van der Waals surface area contributed by atoms with Gasteiger partial charge in [0.2, 0.25) is 0 Å². The number of nitrogens with one attached hydrogen (secondary N) is 1. The first-order valence-electron chi connectivity index (χ1n) is 9.46. The van der Waals surface area contributed by atoms with E-state index in [2.05, 4.69) is 17.3 Å². The molecule has 3 heterocycles. The molecule has 3 aromatic rings. The lowest BCUT2D eigenvalue weighted by atomic mass is 10.1. The highest BCUT2D eigenvalue weighted by Gasteiger charge is 2.23. The van der Waals surface area contributed by atoms with Crippen molar-refractivity contribution < 1.29 is 9.18 Å². The number of rotatable bonds is 5. The molecule has 1 amide bonds. The third kappa shape index (κ3) is 3.72. The average molecular weight is 399 g/mol. The highest BCUT2D eigenvalue weighted by atomic mass is 32.1. The van der Waals surface area contributed by atoms with Crippen molar-refractivity contribution in [3.05, 3.63) is 63.2 Å². The van der Waals surface area contributed by atoms with Gasteiger partial charge in [-0.2, -0.15) is 5.10 Å². The van der Waals surface area contributed by atoms with E-state index in [0.29, 0.717) is 17.8 Å². The number of aryl methyl sites for hydroxylation is 3. The molecule has 3 N–H and O–H groups in total. The van der Waals surface area contributed by atoms with Crippen molar-refractivity contribution in [3.63, 3.8) is 0 Å². The van der Waals surface area contributed by atoms with Crippen LogP contribution in [0.25, 0.3) is 11.3 Å². The van der Waals surface area contributed by atoms with Crippen LogP contribution in [-0.2, 0) is 19.4 Å². The van der Waals surface area contributed by atoms with Crippen LogP contribution < -0.4 is 11.1 Å². The summed E-state index contributed by atoms with van der Waals surface area (Å²) in [6, 6.07) is 8.12. The maximum absolute atomic E-state index is 13.4. The molecule has 1 aromatic carbocycles. The fraction of sp³-hybridized carbons (Fsp3) is 0.333. The number of hydrogen-bond acceptors (Lipinski definition) is 4. The first-order chi connectivity index (χ1) is 13.5. The minimum atomic E-state index is -0.284. The monoisotopic (exact) mass is 398 g/mol. The van der Waals surface area contributed by atoms with Crippen LogP contribution in [-0.4, -0.2) is 28.3 Å². The summed E-state index contributed by atoms with van der Waals surface area (Å²) in [4.78, 5) is 14.8. The Labute approximate surface area is 167 Å². The summed E-state index contributed by atoms with van der Waals surface area (Å²) < 4.78 is 15.4. The zero-order valence-electron chi connectivity index (χ0n) is 15.7. The SMILES string of the molecule is Cc1cnn2c1-c1cc(C(=O)NC(CN)Cc3cccc(F)c3)sc1CCC2. The number of benzene rings is 1. The van der Waals surface area contributed by atoms with Crippen molar-refractivity contribution in [2.75, 3.05) is 6.54 Å². The molecule has 0 radical (unpaired) electrons. The minimum Gasteiger partial charge on any atom is -0.347 e. The summed E-state index contributed by atoms with van der Waals surface area (Å²) in [5.74, 6) is -0.415. The zero-order chi connectivity index (χ0) is 19.7. The molecule has 0 saturated heterocycles. The third-order valence-corrected chi connectivity index (χ3v) is 6.27. The Kier molecular flexibility index (Phi) is 5.28. The second-order valence-corrected chi connectivity index (χ2v) is 8.33. The Morgan fingerprint density at radius 3 is 3.07 bits per heavy atom. The molecule has 1 aliphatic heterocycles. The van der Waals surface area contributed by atoms with Crippen LogP contribution in [0.15, 0.2) is 36.5 Å². The highest BCUT2D eigenvalue weighted by molar-refractivity contribution is 7.14. The van der Waals surface area contributed by atoms with E-state index in [0.717, 1.165) is 41.8 Å². The second-order valence-electron chi connectivity index (χ2n) is 7.19. The van der Waals surface area contributed by atoms with Crippen LogP contribution >= 0.6 is 11.3 Å². The lowest BCUT2D eigenvalue weighted by molar-refractivity contribution is 0.0942. The minimum absolute atomic E-state index is 0.131. The van der Waals surface area contributed by atoms with E-state index >= 15 is 0 Å². The number of nitrogens with zero attached hydrogens (tertiary/aromatic N) is 2. The molecule has 2 aromatic heterocycles. The van der Waals surface area contributed by atoms with E-state index in [1.165, 1.54) is 28.3 Å². The first kappa shape index (κ1) is 18.8. The normalized spacial score (nSPS) is 14.1. The van der Waals surface area contributed by atoms with Gasteiger partial charge in [0.1, 0.15) is 5.82 Å². The summed E-state index contributed by atoms with van der Waals surface area (Å²) >= 11 is 1.54. The first-order valence-corrected chi connectivity index (χ1v) is 10.3. The quantitative estimate of drug-likeness (QED) is 0.693. The molecule has 0 bridgehead atoms. The van der Waals surface area contributed by atoms with E-state index in [4.69, 9.17) is 5.73 Å². The molecular formula is C21H23FN4OS. The molecule has 4 rings (SSSR count). The van der Waals surface area contributed by atoms with E-state index in [1.807, 2.05) is 23.0 Å². The molecule has 0 saturated carbocycles. The van der Waals surface area contributed by atoms with Gasteiger partial charge in [-0.1, -0.05) is 12.1 Å². The molecule has 1 unspecified atom stereocenters. The van der Waals surface area contributed by atoms with Crippen LogP contribution in [0.2, 0.25) is 0 Å². The van der Waals surface area contributed by atoms with E-state index < -0.39 is 0 Å². The summed E-state index contributed by atoms with van der Waals surface area (Å²) in [5.41, 5.74) is 10.0. The fourth-order valence-corrected chi connectivity index (χ4v) is 4.82. The van der Waals surface area contributed by atoms with Crippen molar-refractivity contribution in [2.45, 2.75) is 38.8 Å². The fourth-order valence-electron chi connectivity index (χ4n) is 3.71. The van der Waals surface area contributed by atoms with Gasteiger partial charge < -0.3 is 11.1 Å². The van der Waals surface area contributed by atoms with Gasteiger partial charge in [-0.15, -0.1) is 11.3 Å². The number of hydrogen-bond donors (Lipinski definition) is 2. The summed E-state index contributed by atoms with van der Waals surface area (Å²) in [5, 5.41) is 7.47. The number of fused-ring (bicyclic) bond motifs is 3. The maximum atomic E-state index is 13.4. The van der Waals surface area contributed by atoms with Gasteiger partial charge in [-0.05, 0) is 55.5 Å². The number of aromatic nitrogens is 2. The smallest absolute Gasteiger partial charge is 0.261 e. The van der Waals surface area contributed by atoms with Gasteiger partial charge in [-0.3, -0.25) is 9.48 Å². The molecule has 0 fully saturated rings. The van der Waals surface area contributed by atoms with Gasteiger partial charge in [0.15, 0.2) is 0 Å². The lowest BCUT2D eigenvalue weighted by Crippen LogP contribution is -2.41. The van der Waals surface area contributed by atoms with Crippen molar-refractivity contribution in [3.8, 4) is 11.3 Å². The van der Waals surface area contributed by atoms with Crippen molar-refractivity contribution >= 4 is 17.2 Å².